The highest BCUT2D eigenvalue weighted by molar-refractivity contribution is 5.70. The first-order chi connectivity index (χ1) is 12.0. The lowest BCUT2D eigenvalue weighted by Crippen LogP contribution is -2.30. The van der Waals surface area contributed by atoms with Crippen molar-refractivity contribution in [2.45, 2.75) is 44.6 Å². The van der Waals surface area contributed by atoms with Crippen molar-refractivity contribution >= 4 is 12.4 Å². The van der Waals surface area contributed by atoms with E-state index in [-0.39, 0.29) is 18.6 Å². The Kier molecular flexibility index (Phi) is 4.88. The SMILES string of the molecule is COc1ccc([C@@H]2CN(C(=O)O)C[C@@]2(C)C=O)cc1OC1CCCC1. The maximum atomic E-state index is 11.7. The summed E-state index contributed by atoms with van der Waals surface area (Å²) in [5, 5.41) is 9.30. The lowest BCUT2D eigenvalue weighted by Gasteiger charge is -2.25. The van der Waals surface area contributed by atoms with Gasteiger partial charge in [-0.15, -0.1) is 0 Å². The number of aldehydes is 1. The zero-order chi connectivity index (χ0) is 18.0. The average molecular weight is 347 g/mol. The van der Waals surface area contributed by atoms with E-state index in [1.807, 2.05) is 25.1 Å². The minimum atomic E-state index is -0.994. The summed E-state index contributed by atoms with van der Waals surface area (Å²) in [7, 11) is 1.60. The standard InChI is InChI=1S/C19H25NO5/c1-19(12-21)11-20(18(22)23)10-15(19)13-7-8-16(24-2)17(9-13)25-14-5-3-4-6-14/h7-9,12,14-15H,3-6,10-11H2,1-2H3,(H,22,23)/t15-,19-/m0/s1. The fourth-order valence-corrected chi connectivity index (χ4v) is 3.95. The van der Waals surface area contributed by atoms with Crippen molar-refractivity contribution in [2.24, 2.45) is 5.41 Å². The largest absolute Gasteiger partial charge is 0.493 e. The van der Waals surface area contributed by atoms with E-state index in [2.05, 4.69) is 0 Å². The molecule has 0 unspecified atom stereocenters. The van der Waals surface area contributed by atoms with Gasteiger partial charge in [-0.2, -0.15) is 0 Å². The smallest absolute Gasteiger partial charge is 0.407 e. The van der Waals surface area contributed by atoms with E-state index < -0.39 is 11.5 Å². The molecule has 25 heavy (non-hydrogen) atoms. The quantitative estimate of drug-likeness (QED) is 0.827. The van der Waals surface area contributed by atoms with Crippen LogP contribution in [0.3, 0.4) is 0 Å². The van der Waals surface area contributed by atoms with Crippen LogP contribution in [0.1, 0.15) is 44.1 Å². The number of rotatable bonds is 5. The summed E-state index contributed by atoms with van der Waals surface area (Å²) in [4.78, 5) is 24.3. The topological polar surface area (TPSA) is 76.1 Å². The van der Waals surface area contributed by atoms with Crippen molar-refractivity contribution < 1.29 is 24.2 Å². The molecule has 2 aliphatic rings. The van der Waals surface area contributed by atoms with E-state index in [1.165, 1.54) is 17.7 Å². The van der Waals surface area contributed by atoms with Gasteiger partial charge in [0.15, 0.2) is 11.5 Å². The first-order valence-electron chi connectivity index (χ1n) is 8.75. The van der Waals surface area contributed by atoms with Gasteiger partial charge in [-0.25, -0.2) is 4.79 Å². The van der Waals surface area contributed by atoms with E-state index in [0.717, 1.165) is 24.7 Å². The van der Waals surface area contributed by atoms with Gasteiger partial charge in [0.1, 0.15) is 6.29 Å². The second-order valence-electron chi connectivity index (χ2n) is 7.27. The van der Waals surface area contributed by atoms with Gasteiger partial charge in [0.25, 0.3) is 0 Å². The first-order valence-corrected chi connectivity index (χ1v) is 8.75. The number of likely N-dealkylation sites (tertiary alicyclic amines) is 1. The van der Waals surface area contributed by atoms with Crippen LogP contribution in [0.15, 0.2) is 18.2 Å². The summed E-state index contributed by atoms with van der Waals surface area (Å²) >= 11 is 0. The molecule has 1 amide bonds. The van der Waals surface area contributed by atoms with Gasteiger partial charge < -0.3 is 24.3 Å². The lowest BCUT2D eigenvalue weighted by atomic mass is 9.77. The molecule has 0 radical (unpaired) electrons. The van der Waals surface area contributed by atoms with Crippen LogP contribution in [0.25, 0.3) is 0 Å². The maximum absolute atomic E-state index is 11.7. The fraction of sp³-hybridized carbons (Fsp3) is 0.579. The molecular formula is C19H25NO5. The number of nitrogens with zero attached hydrogens (tertiary/aromatic N) is 1. The lowest BCUT2D eigenvalue weighted by molar-refractivity contribution is -0.115. The molecule has 0 spiro atoms. The van der Waals surface area contributed by atoms with Crippen LogP contribution in [0.2, 0.25) is 0 Å². The molecule has 1 aromatic carbocycles. The minimum absolute atomic E-state index is 0.195. The third-order valence-corrected chi connectivity index (χ3v) is 5.46. The number of methoxy groups -OCH3 is 1. The van der Waals surface area contributed by atoms with Crippen molar-refractivity contribution in [3.05, 3.63) is 23.8 Å². The van der Waals surface area contributed by atoms with E-state index in [0.29, 0.717) is 18.0 Å². The number of carboxylic acid groups (broad SMARTS) is 1. The zero-order valence-corrected chi connectivity index (χ0v) is 14.7. The molecular weight excluding hydrogens is 322 g/mol. The number of hydrogen-bond donors (Lipinski definition) is 1. The zero-order valence-electron chi connectivity index (χ0n) is 14.7. The van der Waals surface area contributed by atoms with Crippen LogP contribution in [0.5, 0.6) is 11.5 Å². The molecule has 6 heteroatoms. The van der Waals surface area contributed by atoms with Crippen LogP contribution in [-0.2, 0) is 4.79 Å². The predicted octanol–water partition coefficient (Wildman–Crippen LogP) is 3.30. The summed E-state index contributed by atoms with van der Waals surface area (Å²) in [5.74, 6) is 1.14. The Labute approximate surface area is 147 Å². The Balaban J connectivity index is 1.90. The van der Waals surface area contributed by atoms with Crippen LogP contribution >= 0.6 is 0 Å². The highest BCUT2D eigenvalue weighted by atomic mass is 16.5. The van der Waals surface area contributed by atoms with E-state index >= 15 is 0 Å². The van der Waals surface area contributed by atoms with Gasteiger partial charge in [0.05, 0.1) is 13.2 Å². The summed E-state index contributed by atoms with van der Waals surface area (Å²) < 4.78 is 11.5. The minimum Gasteiger partial charge on any atom is -0.493 e. The van der Waals surface area contributed by atoms with E-state index in [1.54, 1.807) is 7.11 Å². The Bertz CT molecular complexity index is 655. The van der Waals surface area contributed by atoms with Crippen LogP contribution in [0, 0.1) is 5.41 Å². The van der Waals surface area contributed by atoms with Crippen molar-refractivity contribution in [1.82, 2.24) is 4.90 Å². The molecule has 0 aromatic heterocycles. The summed E-state index contributed by atoms with van der Waals surface area (Å²) in [6.45, 7) is 2.33. The van der Waals surface area contributed by atoms with Gasteiger partial charge in [-0.1, -0.05) is 13.0 Å². The fourth-order valence-electron chi connectivity index (χ4n) is 3.95. The highest BCUT2D eigenvalue weighted by Gasteiger charge is 2.45. The summed E-state index contributed by atoms with van der Waals surface area (Å²) in [6, 6.07) is 5.65. The van der Waals surface area contributed by atoms with E-state index in [4.69, 9.17) is 9.47 Å². The Hall–Kier alpha value is -2.24. The Morgan fingerprint density at radius 1 is 1.32 bits per heavy atom. The van der Waals surface area contributed by atoms with Gasteiger partial charge in [0, 0.05) is 24.4 Å². The van der Waals surface area contributed by atoms with Crippen LogP contribution in [-0.4, -0.2) is 48.7 Å². The molecule has 136 valence electrons. The second-order valence-corrected chi connectivity index (χ2v) is 7.27. The first kappa shape index (κ1) is 17.6. The molecule has 3 rings (SSSR count). The molecule has 6 nitrogen and oxygen atoms in total. The number of amides is 1. The number of carbonyl (C=O) groups excluding carboxylic acids is 1. The second kappa shape index (κ2) is 6.94. The molecule has 1 heterocycles. The van der Waals surface area contributed by atoms with Crippen LogP contribution in [0.4, 0.5) is 4.79 Å². The number of hydrogen-bond acceptors (Lipinski definition) is 4. The molecule has 1 aromatic rings. The van der Waals surface area contributed by atoms with Crippen molar-refractivity contribution in [3.63, 3.8) is 0 Å². The van der Waals surface area contributed by atoms with Gasteiger partial charge in [0.2, 0.25) is 0 Å². The summed E-state index contributed by atoms with van der Waals surface area (Å²) in [6.07, 6.45) is 4.50. The Morgan fingerprint density at radius 2 is 2.04 bits per heavy atom. The van der Waals surface area contributed by atoms with Gasteiger partial charge >= 0.3 is 6.09 Å². The molecule has 1 aliphatic heterocycles. The normalized spacial score (nSPS) is 26.6. The third-order valence-electron chi connectivity index (χ3n) is 5.46. The molecule has 1 saturated heterocycles. The van der Waals surface area contributed by atoms with Crippen LogP contribution < -0.4 is 9.47 Å². The van der Waals surface area contributed by atoms with Crippen molar-refractivity contribution in [1.29, 1.82) is 0 Å². The molecule has 1 saturated carbocycles. The molecule has 0 bridgehead atoms. The van der Waals surface area contributed by atoms with Crippen molar-refractivity contribution in [2.75, 3.05) is 20.2 Å². The number of ether oxygens (including phenoxy) is 2. The molecule has 2 fully saturated rings. The molecule has 2 atom stereocenters. The van der Waals surface area contributed by atoms with Gasteiger partial charge in [-0.3, -0.25) is 0 Å². The molecule has 1 N–H and O–H groups in total. The Morgan fingerprint density at radius 3 is 2.64 bits per heavy atom. The molecule has 1 aliphatic carbocycles. The highest BCUT2D eigenvalue weighted by Crippen LogP contribution is 2.44. The monoisotopic (exact) mass is 347 g/mol. The number of carbonyl (C=O) groups is 2. The average Bonchev–Trinajstić information content (AvgIpc) is 3.23. The number of benzene rings is 1. The predicted molar refractivity (Wildman–Crippen MR) is 92.4 cm³/mol. The third kappa shape index (κ3) is 3.43. The maximum Gasteiger partial charge on any atom is 0.407 e. The van der Waals surface area contributed by atoms with E-state index in [9.17, 15) is 14.7 Å². The van der Waals surface area contributed by atoms with Crippen molar-refractivity contribution in [3.8, 4) is 11.5 Å². The summed E-state index contributed by atoms with van der Waals surface area (Å²) in [5.41, 5.74) is 0.171. The van der Waals surface area contributed by atoms with Gasteiger partial charge in [-0.05, 0) is 43.4 Å².